The summed E-state index contributed by atoms with van der Waals surface area (Å²) in [6.07, 6.45) is -1.48. The summed E-state index contributed by atoms with van der Waals surface area (Å²) in [6, 6.07) is 11.1. The first-order valence-corrected chi connectivity index (χ1v) is 7.62. The van der Waals surface area contributed by atoms with Gasteiger partial charge < -0.3 is 32.4 Å². The molecule has 0 bridgehead atoms. The largest absolute Gasteiger partial charge is 0.524 e. The Labute approximate surface area is 158 Å². The van der Waals surface area contributed by atoms with Gasteiger partial charge in [0.15, 0.2) is 11.9 Å². The number of hydrogen-bond acceptors (Lipinski definition) is 7. The second-order valence-electron chi connectivity index (χ2n) is 5.20. The van der Waals surface area contributed by atoms with Gasteiger partial charge in [0.05, 0.1) is 22.5 Å². The summed E-state index contributed by atoms with van der Waals surface area (Å²) < 4.78 is 8.93. The van der Waals surface area contributed by atoms with Crippen molar-refractivity contribution in [1.29, 1.82) is 0 Å². The van der Waals surface area contributed by atoms with Gasteiger partial charge in [-0.2, -0.15) is 0 Å². The molecule has 0 aliphatic carbocycles. The zero-order valence-corrected chi connectivity index (χ0v) is 14.4. The number of nitrogens with two attached hydrogens (primary N) is 4. The Morgan fingerprint density at radius 2 is 0.929 bits per heavy atom. The predicted molar refractivity (Wildman–Crippen MR) is 100 cm³/mol. The number of nitrogens with zero attached hydrogens (tertiary/aromatic N) is 2. The number of carbonyl (C=O) groups excluding carboxylic acids is 3. The molecule has 2 aromatic rings. The lowest BCUT2D eigenvalue weighted by atomic mass is 10.2. The molecule has 0 saturated carbocycles. The average Bonchev–Trinajstić information content (AvgIpc) is 2.61. The Morgan fingerprint density at radius 1 is 0.607 bits per heavy atom. The normalized spacial score (nSPS) is 9.71. The second-order valence-corrected chi connectivity index (χ2v) is 5.20. The summed E-state index contributed by atoms with van der Waals surface area (Å²) in [5.41, 5.74) is 21.8. The molecule has 0 amide bonds. The molecule has 0 saturated heterocycles. The highest BCUT2D eigenvalue weighted by Crippen LogP contribution is 2.15. The highest BCUT2D eigenvalue weighted by atomic mass is 16.8. The highest BCUT2D eigenvalue weighted by molar-refractivity contribution is 6.00. The molecule has 0 aromatic heterocycles. The predicted octanol–water partition coefficient (Wildman–Crippen LogP) is 0.630. The van der Waals surface area contributed by atoms with Crippen LogP contribution in [-0.4, -0.2) is 30.0 Å². The molecule has 144 valence electrons. The minimum atomic E-state index is -1.48. The summed E-state index contributed by atoms with van der Waals surface area (Å²) in [5, 5.41) is 0. The van der Waals surface area contributed by atoms with E-state index in [-0.39, 0.29) is 23.0 Å². The van der Waals surface area contributed by atoms with E-state index in [2.05, 4.69) is 19.5 Å². The van der Waals surface area contributed by atoms with Gasteiger partial charge in [0.2, 0.25) is 0 Å². The number of rotatable bonds is 4. The van der Waals surface area contributed by atoms with Gasteiger partial charge in [-0.3, -0.25) is 0 Å². The standard InChI is InChI=1S/C17H16N6O5/c18-15(19)22-11-5-1-9(2-6-11)13(24)27-17(26)28-14(25)10-3-7-12(8-4-10)23-16(20)21/h1-8H,(H4,18,19,22)(H4,20,21,23). The van der Waals surface area contributed by atoms with Crippen molar-refractivity contribution in [3.05, 3.63) is 59.7 Å². The maximum Gasteiger partial charge on any atom is 0.524 e. The Bertz CT molecular complexity index is 866. The van der Waals surface area contributed by atoms with Crippen LogP contribution in [-0.2, 0) is 9.47 Å². The first-order chi connectivity index (χ1) is 13.2. The molecule has 8 N–H and O–H groups in total. The molecule has 28 heavy (non-hydrogen) atoms. The highest BCUT2D eigenvalue weighted by Gasteiger charge is 2.19. The van der Waals surface area contributed by atoms with Crippen molar-refractivity contribution < 1.29 is 23.9 Å². The fourth-order valence-corrected chi connectivity index (χ4v) is 1.93. The second kappa shape index (κ2) is 8.80. The average molecular weight is 384 g/mol. The van der Waals surface area contributed by atoms with E-state index in [0.717, 1.165) is 0 Å². The minimum absolute atomic E-state index is 0.0283. The molecule has 2 rings (SSSR count). The monoisotopic (exact) mass is 384 g/mol. The third kappa shape index (κ3) is 5.84. The number of benzene rings is 2. The Kier molecular flexibility index (Phi) is 6.26. The van der Waals surface area contributed by atoms with E-state index in [4.69, 9.17) is 22.9 Å². The molecule has 0 aliphatic heterocycles. The van der Waals surface area contributed by atoms with Gasteiger partial charge in [0, 0.05) is 0 Å². The van der Waals surface area contributed by atoms with Crippen LogP contribution in [0.5, 0.6) is 0 Å². The van der Waals surface area contributed by atoms with E-state index in [1.165, 1.54) is 48.5 Å². The molecule has 0 heterocycles. The van der Waals surface area contributed by atoms with Gasteiger partial charge in [-0.15, -0.1) is 0 Å². The number of aliphatic imine (C=N–C) groups is 2. The van der Waals surface area contributed by atoms with Gasteiger partial charge in [-0.1, -0.05) is 0 Å². The van der Waals surface area contributed by atoms with Crippen molar-refractivity contribution in [2.75, 3.05) is 0 Å². The van der Waals surface area contributed by atoms with Gasteiger partial charge in [0.1, 0.15) is 0 Å². The summed E-state index contributed by atoms with van der Waals surface area (Å²) in [4.78, 5) is 43.0. The summed E-state index contributed by atoms with van der Waals surface area (Å²) >= 11 is 0. The smallest absolute Gasteiger partial charge is 0.370 e. The molecular formula is C17H16N6O5. The molecule has 0 atom stereocenters. The fourth-order valence-electron chi connectivity index (χ4n) is 1.93. The molecule has 0 fully saturated rings. The van der Waals surface area contributed by atoms with Crippen molar-refractivity contribution in [3.63, 3.8) is 0 Å². The van der Waals surface area contributed by atoms with Crippen LogP contribution in [0, 0.1) is 0 Å². The van der Waals surface area contributed by atoms with Crippen LogP contribution >= 0.6 is 0 Å². The third-order valence-electron chi connectivity index (χ3n) is 3.07. The van der Waals surface area contributed by atoms with Crippen molar-refractivity contribution in [2.24, 2.45) is 32.9 Å². The lowest BCUT2D eigenvalue weighted by molar-refractivity contribution is 0.0337. The number of hydrogen-bond donors (Lipinski definition) is 4. The van der Waals surface area contributed by atoms with E-state index in [1.807, 2.05) is 0 Å². The topological polar surface area (TPSA) is 198 Å². The van der Waals surface area contributed by atoms with E-state index >= 15 is 0 Å². The number of esters is 2. The van der Waals surface area contributed by atoms with Crippen LogP contribution in [0.2, 0.25) is 0 Å². The molecule has 11 heteroatoms. The van der Waals surface area contributed by atoms with Crippen molar-refractivity contribution >= 4 is 41.4 Å². The van der Waals surface area contributed by atoms with Crippen molar-refractivity contribution in [3.8, 4) is 0 Å². The van der Waals surface area contributed by atoms with Gasteiger partial charge in [0.25, 0.3) is 0 Å². The molecular weight excluding hydrogens is 368 g/mol. The zero-order valence-electron chi connectivity index (χ0n) is 14.4. The summed E-state index contributed by atoms with van der Waals surface area (Å²) in [7, 11) is 0. The zero-order chi connectivity index (χ0) is 20.7. The molecule has 11 nitrogen and oxygen atoms in total. The molecule has 0 radical (unpaired) electrons. The maximum atomic E-state index is 11.9. The van der Waals surface area contributed by atoms with Crippen LogP contribution in [0.15, 0.2) is 58.5 Å². The van der Waals surface area contributed by atoms with E-state index in [0.29, 0.717) is 11.4 Å². The number of ether oxygens (including phenoxy) is 2. The van der Waals surface area contributed by atoms with Gasteiger partial charge in [-0.25, -0.2) is 24.4 Å². The van der Waals surface area contributed by atoms with Crippen molar-refractivity contribution in [2.45, 2.75) is 0 Å². The summed E-state index contributed by atoms with van der Waals surface area (Å²) in [6.45, 7) is 0. The van der Waals surface area contributed by atoms with E-state index < -0.39 is 18.1 Å². The first kappa shape index (κ1) is 19.9. The quantitative estimate of drug-likeness (QED) is 0.252. The van der Waals surface area contributed by atoms with Crippen LogP contribution in [0.1, 0.15) is 20.7 Å². The Balaban J connectivity index is 1.95. The fraction of sp³-hybridized carbons (Fsp3) is 0. The van der Waals surface area contributed by atoms with Crippen LogP contribution < -0.4 is 22.9 Å². The lowest BCUT2D eigenvalue weighted by Crippen LogP contribution is -2.21. The van der Waals surface area contributed by atoms with Gasteiger partial charge >= 0.3 is 18.1 Å². The Hall–Kier alpha value is -4.41. The molecule has 0 aliphatic rings. The van der Waals surface area contributed by atoms with Crippen LogP contribution in [0.4, 0.5) is 16.2 Å². The SMILES string of the molecule is NC(N)=Nc1ccc(C(=O)OC(=O)OC(=O)c2ccc(N=C(N)N)cc2)cc1. The van der Waals surface area contributed by atoms with E-state index in [9.17, 15) is 14.4 Å². The summed E-state index contributed by atoms with van der Waals surface area (Å²) in [5.74, 6) is -2.33. The van der Waals surface area contributed by atoms with Gasteiger partial charge in [-0.05, 0) is 48.5 Å². The van der Waals surface area contributed by atoms with Crippen molar-refractivity contribution in [1.82, 2.24) is 0 Å². The third-order valence-corrected chi connectivity index (χ3v) is 3.07. The Morgan fingerprint density at radius 3 is 1.21 bits per heavy atom. The molecule has 0 spiro atoms. The van der Waals surface area contributed by atoms with Crippen LogP contribution in [0.25, 0.3) is 0 Å². The maximum absolute atomic E-state index is 11.9. The van der Waals surface area contributed by atoms with Crippen LogP contribution in [0.3, 0.4) is 0 Å². The first-order valence-electron chi connectivity index (χ1n) is 7.62. The van der Waals surface area contributed by atoms with E-state index in [1.54, 1.807) is 0 Å². The lowest BCUT2D eigenvalue weighted by Gasteiger charge is -2.04. The minimum Gasteiger partial charge on any atom is -0.370 e. The molecule has 0 unspecified atom stereocenters. The molecule has 2 aromatic carbocycles. The number of carbonyl (C=O) groups is 3. The number of guanidine groups is 2.